The second-order valence-corrected chi connectivity index (χ2v) is 20.5. The van der Waals surface area contributed by atoms with E-state index in [-0.39, 0.29) is 39.0 Å². The third-order valence-electron chi connectivity index (χ3n) is 12.3. The molecule has 0 bridgehead atoms. The maximum Gasteiger partial charge on any atom is 0.408 e. The topological polar surface area (TPSA) is 229 Å². The van der Waals surface area contributed by atoms with Crippen molar-refractivity contribution < 1.29 is 66.8 Å². The molecule has 20 nitrogen and oxygen atoms in total. The molecule has 0 aromatic heterocycles. The number of carbonyl (C=O) groups excluding carboxylic acids is 8. The summed E-state index contributed by atoms with van der Waals surface area (Å²) >= 11 is 0. The molecule has 4 atom stereocenters. The number of hydrogen-bond acceptors (Lipinski definition) is 16. The molecule has 2 heterocycles. The number of benzene rings is 4. The van der Waals surface area contributed by atoms with E-state index >= 15 is 0 Å². The van der Waals surface area contributed by atoms with Gasteiger partial charge in [-0.15, -0.1) is 0 Å². The van der Waals surface area contributed by atoms with Crippen LogP contribution in [0.3, 0.4) is 0 Å². The van der Waals surface area contributed by atoms with Crippen LogP contribution in [0, 0.1) is 0 Å². The van der Waals surface area contributed by atoms with Crippen LogP contribution in [-0.4, -0.2) is 142 Å². The first kappa shape index (κ1) is 57.4. The van der Waals surface area contributed by atoms with Gasteiger partial charge in [-0.25, -0.2) is 29.0 Å². The van der Waals surface area contributed by atoms with Gasteiger partial charge in [-0.1, -0.05) is 84.9 Å². The van der Waals surface area contributed by atoms with E-state index in [2.05, 4.69) is 10.6 Å². The Balaban J connectivity index is 0.995. The van der Waals surface area contributed by atoms with Crippen molar-refractivity contribution in [2.45, 2.75) is 117 Å². The molecule has 76 heavy (non-hydrogen) atoms. The fourth-order valence-corrected chi connectivity index (χ4v) is 8.04. The van der Waals surface area contributed by atoms with Crippen molar-refractivity contribution >= 4 is 47.8 Å². The minimum absolute atomic E-state index is 0.0107. The number of nitrogens with one attached hydrogen (secondary N) is 2. The molecule has 2 aliphatic rings. The maximum absolute atomic E-state index is 13.6. The van der Waals surface area contributed by atoms with E-state index in [0.29, 0.717) is 35.8 Å². The Hall–Kier alpha value is -7.84. The first-order valence-electron chi connectivity index (χ1n) is 25.0. The minimum atomic E-state index is -1.25. The molecule has 2 fully saturated rings. The van der Waals surface area contributed by atoms with Crippen LogP contribution < -0.4 is 20.1 Å². The molecule has 2 aliphatic heterocycles. The lowest BCUT2D eigenvalue weighted by atomic mass is 10.1. The summed E-state index contributed by atoms with van der Waals surface area (Å²) in [5, 5.41) is 5.10. The average Bonchev–Trinajstić information content (AvgIpc) is 3.36. The van der Waals surface area contributed by atoms with E-state index in [1.807, 2.05) is 60.7 Å². The van der Waals surface area contributed by atoms with Gasteiger partial charge in [0.05, 0.1) is 26.2 Å². The average molecular weight is 1050 g/mol. The number of nitrogens with zero attached hydrogens (tertiary/aromatic N) is 4. The number of alkyl carbamates (subject to hydrolysis) is 2. The number of piperazine rings is 2. The van der Waals surface area contributed by atoms with Crippen molar-refractivity contribution in [1.29, 1.82) is 0 Å². The summed E-state index contributed by atoms with van der Waals surface area (Å²) in [4.78, 5) is 112. The molecule has 4 aromatic carbocycles. The Kier molecular flexibility index (Phi) is 19.7. The molecular weight excluding hydrogens is 981 g/mol. The summed E-state index contributed by atoms with van der Waals surface area (Å²) in [6, 6.07) is 29.6. The van der Waals surface area contributed by atoms with E-state index in [9.17, 15) is 38.4 Å². The van der Waals surface area contributed by atoms with Crippen LogP contribution in [0.25, 0.3) is 0 Å². The zero-order valence-electron chi connectivity index (χ0n) is 44.3. The predicted octanol–water partition coefficient (Wildman–Crippen LogP) is 5.54. The van der Waals surface area contributed by atoms with Gasteiger partial charge in [-0.2, -0.15) is 0 Å². The molecular formula is C56H68N6O14. The second kappa shape index (κ2) is 26.1. The quantitative estimate of drug-likeness (QED) is 0.0593. The SMILES string of the molecule is C[C@H]([C@H](C)N1CC(=O)N(COC(=O)[C@H](Cc2ccc(OCc3ccccc3)cc2)NC(=O)OC(C)(C)C)C(=O)C1)N1CC(=O)N(COC(=O)[C@H](Cc2ccc(OCc3ccccc3)cc2)NC(=O)OC(C)(C)C)C(=O)C1. The molecule has 0 unspecified atom stereocenters. The maximum atomic E-state index is 13.6. The number of hydrogen-bond donors (Lipinski definition) is 2. The first-order valence-corrected chi connectivity index (χ1v) is 25.0. The van der Waals surface area contributed by atoms with Crippen molar-refractivity contribution in [2.75, 3.05) is 39.6 Å². The lowest BCUT2D eigenvalue weighted by Crippen LogP contribution is -2.63. The minimum Gasteiger partial charge on any atom is -0.489 e. The van der Waals surface area contributed by atoms with E-state index in [1.165, 1.54) is 0 Å². The molecule has 406 valence electrons. The summed E-state index contributed by atoms with van der Waals surface area (Å²) in [5.41, 5.74) is 1.54. The van der Waals surface area contributed by atoms with E-state index in [1.54, 1.807) is 114 Å². The van der Waals surface area contributed by atoms with Gasteiger partial charge in [-0.3, -0.25) is 29.0 Å². The Morgan fingerprint density at radius 3 is 1.09 bits per heavy atom. The van der Waals surface area contributed by atoms with Crippen LogP contribution in [0.15, 0.2) is 109 Å². The summed E-state index contributed by atoms with van der Waals surface area (Å²) in [5.74, 6) is -3.27. The largest absolute Gasteiger partial charge is 0.489 e. The first-order chi connectivity index (χ1) is 36.0. The molecule has 0 radical (unpaired) electrons. The van der Waals surface area contributed by atoms with Crippen molar-refractivity contribution in [2.24, 2.45) is 0 Å². The van der Waals surface area contributed by atoms with E-state index in [4.69, 9.17) is 28.4 Å². The molecule has 0 spiro atoms. The highest BCUT2D eigenvalue weighted by Crippen LogP contribution is 2.21. The molecule has 20 heteroatoms. The summed E-state index contributed by atoms with van der Waals surface area (Å²) in [6.45, 7) is 11.8. The monoisotopic (exact) mass is 1050 g/mol. The molecule has 2 saturated heterocycles. The van der Waals surface area contributed by atoms with Crippen LogP contribution in [0.2, 0.25) is 0 Å². The molecule has 4 aromatic rings. The zero-order valence-corrected chi connectivity index (χ0v) is 44.3. The van der Waals surface area contributed by atoms with Crippen LogP contribution in [0.4, 0.5) is 9.59 Å². The lowest BCUT2D eigenvalue weighted by Gasteiger charge is -2.43. The van der Waals surface area contributed by atoms with Gasteiger partial charge in [0.1, 0.15) is 48.0 Å². The van der Waals surface area contributed by atoms with Crippen molar-refractivity contribution in [3.8, 4) is 11.5 Å². The van der Waals surface area contributed by atoms with Gasteiger partial charge < -0.3 is 39.1 Å². The highest BCUT2D eigenvalue weighted by Gasteiger charge is 2.41. The summed E-state index contributed by atoms with van der Waals surface area (Å²) in [7, 11) is 0. The highest BCUT2D eigenvalue weighted by molar-refractivity contribution is 6.00. The van der Waals surface area contributed by atoms with Gasteiger partial charge in [0.15, 0.2) is 13.5 Å². The Morgan fingerprint density at radius 1 is 0.474 bits per heavy atom. The summed E-state index contributed by atoms with van der Waals surface area (Å²) < 4.78 is 33.5. The smallest absolute Gasteiger partial charge is 0.408 e. The van der Waals surface area contributed by atoms with Crippen LogP contribution in [0.5, 0.6) is 11.5 Å². The summed E-state index contributed by atoms with van der Waals surface area (Å²) in [6.07, 6.45) is -1.76. The van der Waals surface area contributed by atoms with Gasteiger partial charge in [-0.05, 0) is 102 Å². The number of esters is 2. The van der Waals surface area contributed by atoms with Gasteiger partial charge in [0, 0.05) is 24.9 Å². The van der Waals surface area contributed by atoms with Crippen LogP contribution >= 0.6 is 0 Å². The molecule has 6 amide bonds. The van der Waals surface area contributed by atoms with Crippen LogP contribution in [0.1, 0.15) is 77.6 Å². The standard InChI is InChI=1S/C56H68N6O14/c1-37(59-29-47(63)61(48(64)30-59)35-73-51(67)45(57-53(69)75-55(3,4)5)27-39-19-23-43(24-20-39)71-33-41-15-11-9-12-16-41)38(2)60-31-49(65)62(50(66)32-60)36-74-52(68)46(58-54(70)76-56(6,7)8)28-40-21-25-44(26-22-40)72-34-42-17-13-10-14-18-42/h9-26,37-38,45-46H,27-36H2,1-8H3,(H,57,69)(H,58,70)/t37-,38+,45-,46-/m0/s1. The van der Waals surface area contributed by atoms with Crippen molar-refractivity contribution in [1.82, 2.24) is 30.2 Å². The number of amides is 6. The van der Waals surface area contributed by atoms with E-state index in [0.717, 1.165) is 20.9 Å². The number of imide groups is 2. The van der Waals surface area contributed by atoms with Gasteiger partial charge in [0.25, 0.3) is 0 Å². The zero-order chi connectivity index (χ0) is 55.2. The van der Waals surface area contributed by atoms with Crippen molar-refractivity contribution in [3.63, 3.8) is 0 Å². The number of carbonyl (C=O) groups is 8. The second-order valence-electron chi connectivity index (χ2n) is 20.5. The Labute approximate surface area is 442 Å². The fourth-order valence-electron chi connectivity index (χ4n) is 8.04. The van der Waals surface area contributed by atoms with Gasteiger partial charge in [0.2, 0.25) is 23.6 Å². The van der Waals surface area contributed by atoms with E-state index < -0.39 is 96.6 Å². The third kappa shape index (κ3) is 17.6. The molecule has 0 aliphatic carbocycles. The van der Waals surface area contributed by atoms with Gasteiger partial charge >= 0.3 is 24.1 Å². The Bertz CT molecular complexity index is 2440. The Morgan fingerprint density at radius 2 is 0.789 bits per heavy atom. The van der Waals surface area contributed by atoms with Crippen molar-refractivity contribution in [3.05, 3.63) is 131 Å². The fraction of sp³-hybridized carbons (Fsp3) is 0.429. The predicted molar refractivity (Wildman–Crippen MR) is 276 cm³/mol. The molecule has 0 saturated carbocycles. The molecule has 6 rings (SSSR count). The number of ether oxygens (including phenoxy) is 6. The lowest BCUT2D eigenvalue weighted by molar-refractivity contribution is -0.169. The number of rotatable bonds is 21. The normalized spacial score (nSPS) is 16.2. The highest BCUT2D eigenvalue weighted by atomic mass is 16.6. The molecule has 2 N–H and O–H groups in total. The third-order valence-corrected chi connectivity index (χ3v) is 12.3. The van der Waals surface area contributed by atoms with Crippen LogP contribution in [-0.2, 0) is 73.8 Å².